The number of para-hydroxylation sites is 1. The monoisotopic (exact) mass is 227 g/mol. The van der Waals surface area contributed by atoms with E-state index >= 15 is 0 Å². The number of benzene rings is 1. The number of methoxy groups -OCH3 is 1. The first kappa shape index (κ1) is 12.2. The molecule has 0 spiro atoms. The number of hydrogen-bond donors (Lipinski definition) is 0. The fourth-order valence-electron chi connectivity index (χ4n) is 1.16. The lowest BCUT2D eigenvalue weighted by Gasteiger charge is -2.27. The molecule has 0 aliphatic rings. The molecule has 0 aliphatic heterocycles. The molecule has 0 saturated carbocycles. The molecule has 0 fully saturated rings. The number of rotatable bonds is 3. The topological polar surface area (TPSA) is 29.5 Å². The van der Waals surface area contributed by atoms with Crippen molar-refractivity contribution in [2.24, 2.45) is 0 Å². The predicted octanol–water partition coefficient (Wildman–Crippen LogP) is 3.04. The maximum absolute atomic E-state index is 13.4. The molecule has 0 unspecified atom stereocenters. The van der Waals surface area contributed by atoms with Gasteiger partial charge in [-0.2, -0.15) is 8.78 Å². The molecule has 0 atom stereocenters. The van der Waals surface area contributed by atoms with E-state index in [2.05, 4.69) is 11.3 Å². The molecular weight excluding hydrogens is 216 g/mol. The second kappa shape index (κ2) is 4.74. The maximum Gasteiger partial charge on any atom is 0.419 e. The van der Waals surface area contributed by atoms with E-state index in [-0.39, 0.29) is 10.6 Å². The molecule has 86 valence electrons. The number of nitrogens with zero attached hydrogens (tertiary/aromatic N) is 1. The third kappa shape index (κ3) is 2.36. The predicted molar refractivity (Wildman–Crippen MR) is 56.5 cm³/mol. The highest BCUT2D eigenvalue weighted by Crippen LogP contribution is 2.28. The highest BCUT2D eigenvalue weighted by atomic mass is 19.3. The summed E-state index contributed by atoms with van der Waals surface area (Å²) in [7, 11) is 1.04. The van der Waals surface area contributed by atoms with Gasteiger partial charge in [-0.15, -0.1) is 0 Å². The van der Waals surface area contributed by atoms with Gasteiger partial charge >= 0.3 is 12.1 Å². The molecule has 1 aromatic rings. The molecule has 5 heteroatoms. The van der Waals surface area contributed by atoms with Crippen molar-refractivity contribution in [2.45, 2.75) is 6.05 Å². The van der Waals surface area contributed by atoms with Crippen molar-refractivity contribution in [1.29, 1.82) is 0 Å². The van der Waals surface area contributed by atoms with Crippen LogP contribution in [0.1, 0.15) is 0 Å². The molecule has 16 heavy (non-hydrogen) atoms. The Labute approximate surface area is 91.9 Å². The van der Waals surface area contributed by atoms with Crippen molar-refractivity contribution in [3.8, 4) is 0 Å². The average molecular weight is 227 g/mol. The molecule has 1 rings (SSSR count). The fourth-order valence-corrected chi connectivity index (χ4v) is 1.16. The van der Waals surface area contributed by atoms with E-state index in [1.54, 1.807) is 18.2 Å². The highest BCUT2D eigenvalue weighted by Gasteiger charge is 2.39. The lowest BCUT2D eigenvalue weighted by molar-refractivity contribution is 0.0479. The third-order valence-electron chi connectivity index (χ3n) is 1.92. The number of carbonyl (C=O) groups is 1. The molecule has 0 N–H and O–H groups in total. The van der Waals surface area contributed by atoms with Crippen molar-refractivity contribution in [3.05, 3.63) is 43.0 Å². The van der Waals surface area contributed by atoms with Crippen LogP contribution in [0.5, 0.6) is 0 Å². The summed E-state index contributed by atoms with van der Waals surface area (Å²) in [5, 5.41) is 0. The molecule has 1 amide bonds. The van der Waals surface area contributed by atoms with Gasteiger partial charge in [0, 0.05) is 6.08 Å². The van der Waals surface area contributed by atoms with Crippen LogP contribution in [-0.2, 0) is 4.74 Å². The van der Waals surface area contributed by atoms with E-state index in [0.717, 1.165) is 7.11 Å². The Morgan fingerprint density at radius 3 is 2.44 bits per heavy atom. The van der Waals surface area contributed by atoms with Crippen molar-refractivity contribution in [1.82, 2.24) is 0 Å². The zero-order valence-electron chi connectivity index (χ0n) is 8.69. The zero-order valence-corrected chi connectivity index (χ0v) is 8.69. The summed E-state index contributed by atoms with van der Waals surface area (Å²) in [6.45, 7) is 3.00. The maximum atomic E-state index is 13.4. The molecule has 0 saturated heterocycles. The molecule has 1 aromatic carbocycles. The van der Waals surface area contributed by atoms with Crippen LogP contribution in [0.2, 0.25) is 0 Å². The van der Waals surface area contributed by atoms with Crippen LogP contribution in [0, 0.1) is 0 Å². The summed E-state index contributed by atoms with van der Waals surface area (Å²) in [4.78, 5) is 11.5. The first-order valence-electron chi connectivity index (χ1n) is 4.47. The second-order valence-corrected chi connectivity index (χ2v) is 2.93. The van der Waals surface area contributed by atoms with Gasteiger partial charge in [-0.25, -0.2) is 9.69 Å². The Morgan fingerprint density at radius 1 is 1.44 bits per heavy atom. The molecule has 0 heterocycles. The van der Waals surface area contributed by atoms with Crippen molar-refractivity contribution in [2.75, 3.05) is 12.0 Å². The van der Waals surface area contributed by atoms with Gasteiger partial charge in [0.1, 0.15) is 0 Å². The fraction of sp³-hybridized carbons (Fsp3) is 0.182. The van der Waals surface area contributed by atoms with Gasteiger partial charge in [-0.1, -0.05) is 24.8 Å². The van der Waals surface area contributed by atoms with Crippen LogP contribution in [0.3, 0.4) is 0 Å². The number of ether oxygens (including phenoxy) is 1. The first-order valence-corrected chi connectivity index (χ1v) is 4.47. The van der Waals surface area contributed by atoms with Gasteiger partial charge in [0.25, 0.3) is 0 Å². The standard InChI is InChI=1S/C11H11F2NO2/c1-3-11(12,13)14(10(15)16-2)9-7-5-4-6-8-9/h3-8H,1H2,2H3. The van der Waals surface area contributed by atoms with Gasteiger partial charge in [0.2, 0.25) is 0 Å². The number of hydrogen-bond acceptors (Lipinski definition) is 2. The van der Waals surface area contributed by atoms with Crippen molar-refractivity contribution >= 4 is 11.8 Å². The minimum Gasteiger partial charge on any atom is -0.452 e. The van der Waals surface area contributed by atoms with Crippen LogP contribution < -0.4 is 4.90 Å². The summed E-state index contributed by atoms with van der Waals surface area (Å²) in [5.41, 5.74) is 0.0410. The largest absolute Gasteiger partial charge is 0.452 e. The summed E-state index contributed by atoms with van der Waals surface area (Å²) >= 11 is 0. The first-order chi connectivity index (χ1) is 7.53. The molecular formula is C11H11F2NO2. The van der Waals surface area contributed by atoms with Gasteiger partial charge < -0.3 is 4.74 Å². The Morgan fingerprint density at radius 2 is 2.00 bits per heavy atom. The normalized spacial score (nSPS) is 10.7. The average Bonchev–Trinajstić information content (AvgIpc) is 2.30. The van der Waals surface area contributed by atoms with E-state index in [1.165, 1.54) is 12.1 Å². The lowest BCUT2D eigenvalue weighted by atomic mass is 10.3. The van der Waals surface area contributed by atoms with Crippen LogP contribution in [-0.4, -0.2) is 19.2 Å². The minimum absolute atomic E-state index is 0.0410. The van der Waals surface area contributed by atoms with Crippen LogP contribution in [0.4, 0.5) is 19.3 Å². The van der Waals surface area contributed by atoms with E-state index in [4.69, 9.17) is 0 Å². The van der Waals surface area contributed by atoms with Gasteiger partial charge in [0.15, 0.2) is 0 Å². The Bertz CT molecular complexity index is 379. The summed E-state index contributed by atoms with van der Waals surface area (Å²) in [5.74, 6) is 0. The molecule has 0 aromatic heterocycles. The summed E-state index contributed by atoms with van der Waals surface area (Å²) in [6.07, 6.45) is -0.757. The van der Waals surface area contributed by atoms with E-state index in [9.17, 15) is 13.6 Å². The molecule has 0 radical (unpaired) electrons. The van der Waals surface area contributed by atoms with Crippen molar-refractivity contribution in [3.63, 3.8) is 0 Å². The van der Waals surface area contributed by atoms with Gasteiger partial charge in [0.05, 0.1) is 12.8 Å². The Hall–Kier alpha value is -1.91. The Balaban J connectivity index is 3.16. The number of amides is 1. The number of anilines is 1. The highest BCUT2D eigenvalue weighted by molar-refractivity contribution is 5.88. The van der Waals surface area contributed by atoms with Crippen LogP contribution in [0.15, 0.2) is 43.0 Å². The summed E-state index contributed by atoms with van der Waals surface area (Å²) < 4.78 is 31.2. The van der Waals surface area contributed by atoms with Crippen molar-refractivity contribution < 1.29 is 18.3 Å². The van der Waals surface area contributed by atoms with E-state index in [1.807, 2.05) is 0 Å². The van der Waals surface area contributed by atoms with E-state index in [0.29, 0.717) is 6.08 Å². The Kier molecular flexibility index (Phi) is 3.60. The van der Waals surface area contributed by atoms with Gasteiger partial charge in [-0.05, 0) is 12.1 Å². The second-order valence-electron chi connectivity index (χ2n) is 2.93. The SMILES string of the molecule is C=CC(F)(F)N(C(=O)OC)c1ccccc1. The van der Waals surface area contributed by atoms with E-state index < -0.39 is 12.1 Å². The smallest absolute Gasteiger partial charge is 0.419 e. The third-order valence-corrected chi connectivity index (χ3v) is 1.92. The quantitative estimate of drug-likeness (QED) is 0.586. The lowest BCUT2D eigenvalue weighted by Crippen LogP contribution is -2.44. The number of carbonyl (C=O) groups excluding carboxylic acids is 1. The van der Waals surface area contributed by atoms with Gasteiger partial charge in [-0.3, -0.25) is 0 Å². The molecule has 0 aliphatic carbocycles. The van der Waals surface area contributed by atoms with Crippen LogP contribution >= 0.6 is 0 Å². The zero-order chi connectivity index (χ0) is 12.2. The van der Waals surface area contributed by atoms with Crippen LogP contribution in [0.25, 0.3) is 0 Å². The molecule has 3 nitrogen and oxygen atoms in total. The summed E-state index contributed by atoms with van der Waals surface area (Å²) in [6, 6.07) is 4.02. The minimum atomic E-state index is -3.49. The molecule has 0 bridgehead atoms. The number of halogens is 2. The number of alkyl halides is 2.